The molecule has 10 heteroatoms. The van der Waals surface area contributed by atoms with Gasteiger partial charge in [0.15, 0.2) is 5.11 Å². The Kier molecular flexibility index (Phi) is 5.67. The molecule has 0 heterocycles. The van der Waals surface area contributed by atoms with E-state index in [4.69, 9.17) is 17.4 Å². The van der Waals surface area contributed by atoms with Crippen LogP contribution in [0.1, 0.15) is 15.9 Å². The SMILES string of the molecule is Cc1ccc(C(=O)NNC(=S)Nc2ccc(F)cc2)cc1S(N)(=O)=O. The maximum Gasteiger partial charge on any atom is 0.269 e. The van der Waals surface area contributed by atoms with E-state index < -0.39 is 15.9 Å². The number of amides is 1. The van der Waals surface area contributed by atoms with Crippen LogP contribution in [0, 0.1) is 12.7 Å². The van der Waals surface area contributed by atoms with Gasteiger partial charge >= 0.3 is 0 Å². The summed E-state index contributed by atoms with van der Waals surface area (Å²) in [4.78, 5) is 12.0. The summed E-state index contributed by atoms with van der Waals surface area (Å²) in [7, 11) is -3.93. The Morgan fingerprint density at radius 3 is 2.36 bits per heavy atom. The zero-order valence-electron chi connectivity index (χ0n) is 13.0. The molecule has 0 radical (unpaired) electrons. The van der Waals surface area contributed by atoms with E-state index in [1.165, 1.54) is 42.5 Å². The second-order valence-corrected chi connectivity index (χ2v) is 7.00. The predicted molar refractivity (Wildman–Crippen MR) is 95.8 cm³/mol. The summed E-state index contributed by atoms with van der Waals surface area (Å²) in [6, 6.07) is 9.57. The highest BCUT2D eigenvalue weighted by molar-refractivity contribution is 7.89. The van der Waals surface area contributed by atoms with Crippen LogP contribution in [0.2, 0.25) is 0 Å². The molecule has 0 unspecified atom stereocenters. The van der Waals surface area contributed by atoms with Gasteiger partial charge in [-0.2, -0.15) is 0 Å². The average Bonchev–Trinajstić information content (AvgIpc) is 2.54. The fraction of sp³-hybridized carbons (Fsp3) is 0.0667. The Labute approximate surface area is 149 Å². The zero-order valence-corrected chi connectivity index (χ0v) is 14.7. The number of hydrogen-bond donors (Lipinski definition) is 4. The van der Waals surface area contributed by atoms with Crippen LogP contribution in [-0.4, -0.2) is 19.4 Å². The molecule has 0 aromatic heterocycles. The number of carbonyl (C=O) groups excluding carboxylic acids is 1. The summed E-state index contributed by atoms with van der Waals surface area (Å²) in [5.74, 6) is -0.990. The van der Waals surface area contributed by atoms with Crippen LogP contribution in [0.15, 0.2) is 47.4 Å². The van der Waals surface area contributed by atoms with E-state index in [9.17, 15) is 17.6 Å². The monoisotopic (exact) mass is 382 g/mol. The standard InChI is InChI=1S/C15H15FN4O3S2/c1-9-2-3-10(8-13(9)25(17,22)23)14(21)19-20-15(24)18-12-6-4-11(16)5-7-12/h2-8H,1H3,(H,19,21)(H2,17,22,23)(H2,18,20,24). The third-order valence-electron chi connectivity index (χ3n) is 3.15. The third-order valence-corrected chi connectivity index (χ3v) is 4.41. The molecule has 0 saturated carbocycles. The van der Waals surface area contributed by atoms with E-state index in [1.54, 1.807) is 6.92 Å². The van der Waals surface area contributed by atoms with Gasteiger partial charge in [-0.05, 0) is 61.1 Å². The van der Waals surface area contributed by atoms with Crippen molar-refractivity contribution in [2.24, 2.45) is 5.14 Å². The number of anilines is 1. The van der Waals surface area contributed by atoms with Crippen molar-refractivity contribution in [1.29, 1.82) is 0 Å². The van der Waals surface area contributed by atoms with E-state index in [2.05, 4.69) is 16.2 Å². The Morgan fingerprint density at radius 1 is 1.12 bits per heavy atom. The van der Waals surface area contributed by atoms with Crippen LogP contribution in [0.25, 0.3) is 0 Å². The molecule has 0 bridgehead atoms. The lowest BCUT2D eigenvalue weighted by atomic mass is 10.1. The molecule has 0 atom stereocenters. The minimum absolute atomic E-state index is 0.0683. The van der Waals surface area contributed by atoms with Crippen LogP contribution in [0.3, 0.4) is 0 Å². The number of nitrogens with two attached hydrogens (primary N) is 1. The number of primary sulfonamides is 1. The van der Waals surface area contributed by atoms with E-state index in [-0.39, 0.29) is 21.4 Å². The van der Waals surface area contributed by atoms with Gasteiger partial charge in [0.25, 0.3) is 5.91 Å². The highest BCUT2D eigenvalue weighted by Crippen LogP contribution is 2.15. The van der Waals surface area contributed by atoms with Gasteiger partial charge in [-0.3, -0.25) is 15.6 Å². The molecule has 7 nitrogen and oxygen atoms in total. The third kappa shape index (κ3) is 5.21. The molecule has 0 spiro atoms. The number of hydrogen-bond acceptors (Lipinski definition) is 4. The van der Waals surface area contributed by atoms with Crippen molar-refractivity contribution in [3.05, 3.63) is 59.4 Å². The summed E-state index contributed by atoms with van der Waals surface area (Å²) in [6.45, 7) is 1.57. The number of aryl methyl sites for hydroxylation is 1. The molecule has 0 aliphatic carbocycles. The Morgan fingerprint density at radius 2 is 1.76 bits per heavy atom. The molecule has 2 rings (SSSR count). The summed E-state index contributed by atoms with van der Waals surface area (Å²) in [5, 5.41) is 7.92. The van der Waals surface area contributed by atoms with Crippen LogP contribution in [0.5, 0.6) is 0 Å². The van der Waals surface area contributed by atoms with Crippen LogP contribution >= 0.6 is 12.2 Å². The first-order chi connectivity index (χ1) is 11.7. The number of thiocarbonyl (C=S) groups is 1. The summed E-state index contributed by atoms with van der Waals surface area (Å²) >= 11 is 5.00. The number of hydrazine groups is 1. The van der Waals surface area contributed by atoms with Gasteiger partial charge in [0.1, 0.15) is 5.82 Å². The van der Waals surface area contributed by atoms with Gasteiger partial charge in [0.2, 0.25) is 10.0 Å². The van der Waals surface area contributed by atoms with Crippen LogP contribution in [-0.2, 0) is 10.0 Å². The largest absolute Gasteiger partial charge is 0.331 e. The van der Waals surface area contributed by atoms with Crippen LogP contribution < -0.4 is 21.3 Å². The summed E-state index contributed by atoms with van der Waals surface area (Å²) in [6.07, 6.45) is 0. The number of sulfonamides is 1. The van der Waals surface area contributed by atoms with Crippen LogP contribution in [0.4, 0.5) is 10.1 Å². The minimum Gasteiger partial charge on any atom is -0.331 e. The molecule has 2 aromatic carbocycles. The molecular weight excluding hydrogens is 367 g/mol. The Balaban J connectivity index is 2.00. The maximum atomic E-state index is 12.8. The van der Waals surface area contributed by atoms with Gasteiger partial charge in [-0.15, -0.1) is 0 Å². The molecule has 132 valence electrons. The smallest absolute Gasteiger partial charge is 0.269 e. The van der Waals surface area contributed by atoms with Gasteiger partial charge in [0.05, 0.1) is 4.90 Å². The number of nitrogens with one attached hydrogen (secondary N) is 3. The van der Waals surface area contributed by atoms with Crippen molar-refractivity contribution in [2.75, 3.05) is 5.32 Å². The zero-order chi connectivity index (χ0) is 18.6. The predicted octanol–water partition coefficient (Wildman–Crippen LogP) is 1.41. The van der Waals surface area contributed by atoms with E-state index in [0.29, 0.717) is 11.3 Å². The fourth-order valence-corrected chi connectivity index (χ4v) is 2.91. The van der Waals surface area contributed by atoms with Gasteiger partial charge in [-0.1, -0.05) is 6.07 Å². The van der Waals surface area contributed by atoms with Gasteiger partial charge in [0, 0.05) is 11.3 Å². The second kappa shape index (κ2) is 7.55. The molecular formula is C15H15FN4O3S2. The highest BCUT2D eigenvalue weighted by atomic mass is 32.2. The quantitative estimate of drug-likeness (QED) is 0.472. The molecule has 5 N–H and O–H groups in total. The Hall–Kier alpha value is -2.56. The number of benzene rings is 2. The number of carbonyl (C=O) groups is 1. The van der Waals surface area contributed by atoms with Crippen molar-refractivity contribution in [3.8, 4) is 0 Å². The van der Waals surface area contributed by atoms with Crippen molar-refractivity contribution >= 4 is 38.9 Å². The highest BCUT2D eigenvalue weighted by Gasteiger charge is 2.15. The molecule has 0 aliphatic heterocycles. The van der Waals surface area contributed by atoms with Crippen molar-refractivity contribution in [3.63, 3.8) is 0 Å². The molecule has 0 fully saturated rings. The van der Waals surface area contributed by atoms with Crippen molar-refractivity contribution in [2.45, 2.75) is 11.8 Å². The van der Waals surface area contributed by atoms with Crippen molar-refractivity contribution < 1.29 is 17.6 Å². The number of halogens is 1. The topological polar surface area (TPSA) is 113 Å². The second-order valence-electron chi connectivity index (χ2n) is 5.07. The van der Waals surface area contributed by atoms with Gasteiger partial charge in [-0.25, -0.2) is 17.9 Å². The molecule has 0 saturated heterocycles. The first-order valence-corrected chi connectivity index (χ1v) is 8.88. The maximum absolute atomic E-state index is 12.8. The lowest BCUT2D eigenvalue weighted by molar-refractivity contribution is 0.0944. The lowest BCUT2D eigenvalue weighted by Gasteiger charge is -2.12. The first-order valence-electron chi connectivity index (χ1n) is 6.93. The first kappa shape index (κ1) is 18.8. The van der Waals surface area contributed by atoms with E-state index in [1.807, 2.05) is 0 Å². The molecule has 1 amide bonds. The van der Waals surface area contributed by atoms with E-state index in [0.717, 1.165) is 0 Å². The lowest BCUT2D eigenvalue weighted by Crippen LogP contribution is -2.43. The molecule has 25 heavy (non-hydrogen) atoms. The minimum atomic E-state index is -3.93. The van der Waals surface area contributed by atoms with Gasteiger partial charge < -0.3 is 5.32 Å². The van der Waals surface area contributed by atoms with Crippen molar-refractivity contribution in [1.82, 2.24) is 10.9 Å². The Bertz CT molecular complexity index is 915. The molecule has 2 aromatic rings. The summed E-state index contributed by atoms with van der Waals surface area (Å²) in [5.41, 5.74) is 5.84. The summed E-state index contributed by atoms with van der Waals surface area (Å²) < 4.78 is 35.8. The average molecular weight is 382 g/mol. The normalized spacial score (nSPS) is 10.8. The molecule has 0 aliphatic rings. The number of rotatable bonds is 3. The van der Waals surface area contributed by atoms with E-state index >= 15 is 0 Å². The fourth-order valence-electron chi connectivity index (χ4n) is 1.93.